The second-order valence-electron chi connectivity index (χ2n) is 6.70. The largest absolute Gasteiger partial charge is 0.370 e. The molecule has 2 rings (SSSR count). The minimum absolute atomic E-state index is 0.0659. The molecule has 2 aromatic carbocycles. The van der Waals surface area contributed by atoms with Gasteiger partial charge in [0, 0.05) is 51.5 Å². The van der Waals surface area contributed by atoms with Crippen molar-refractivity contribution in [2.24, 2.45) is 4.99 Å². The predicted octanol–water partition coefficient (Wildman–Crippen LogP) is 2.28. The maximum absolute atomic E-state index is 11.7. The van der Waals surface area contributed by atoms with Gasteiger partial charge in [0.1, 0.15) is 0 Å². The maximum atomic E-state index is 11.7. The number of likely N-dealkylation sites (N-methyl/N-ethyl adjacent to an activating group) is 1. The number of amides is 1. The summed E-state index contributed by atoms with van der Waals surface area (Å²) in [6.07, 6.45) is 0.811. The Morgan fingerprint density at radius 3 is 2.54 bits per heavy atom. The summed E-state index contributed by atoms with van der Waals surface area (Å²) in [4.78, 5) is 18.3. The van der Waals surface area contributed by atoms with Crippen LogP contribution in [0.4, 0.5) is 5.69 Å². The van der Waals surface area contributed by atoms with Crippen molar-refractivity contribution in [3.63, 3.8) is 0 Å². The van der Waals surface area contributed by atoms with Crippen molar-refractivity contribution in [1.29, 1.82) is 0 Å². The van der Waals surface area contributed by atoms with Crippen LogP contribution in [0.1, 0.15) is 22.8 Å². The molecule has 150 valence electrons. The van der Waals surface area contributed by atoms with E-state index in [2.05, 4.69) is 51.9 Å². The van der Waals surface area contributed by atoms with Crippen LogP contribution in [0.3, 0.4) is 0 Å². The Hall–Kier alpha value is -3.02. The number of rotatable bonds is 8. The van der Waals surface area contributed by atoms with Gasteiger partial charge < -0.3 is 20.9 Å². The summed E-state index contributed by atoms with van der Waals surface area (Å²) in [6.45, 7) is 3.69. The van der Waals surface area contributed by atoms with E-state index >= 15 is 0 Å². The summed E-state index contributed by atoms with van der Waals surface area (Å²) in [5.41, 5.74) is 2.98. The molecule has 3 N–H and O–H groups in total. The Bertz CT molecular complexity index is 776. The maximum Gasteiger partial charge on any atom is 0.251 e. The highest BCUT2D eigenvalue weighted by atomic mass is 16.1. The Morgan fingerprint density at radius 1 is 1.11 bits per heavy atom. The Balaban J connectivity index is 1.79. The zero-order valence-electron chi connectivity index (χ0n) is 17.2. The molecule has 0 spiro atoms. The molecule has 1 atom stereocenters. The van der Waals surface area contributed by atoms with E-state index in [-0.39, 0.29) is 5.91 Å². The highest BCUT2D eigenvalue weighted by Gasteiger charge is 2.10. The fourth-order valence-electron chi connectivity index (χ4n) is 2.86. The van der Waals surface area contributed by atoms with E-state index in [4.69, 9.17) is 0 Å². The van der Waals surface area contributed by atoms with Crippen LogP contribution >= 0.6 is 0 Å². The van der Waals surface area contributed by atoms with Crippen molar-refractivity contribution in [3.8, 4) is 0 Å². The average Bonchev–Trinajstić information content (AvgIpc) is 2.75. The van der Waals surface area contributed by atoms with Crippen LogP contribution in [0.5, 0.6) is 0 Å². The normalized spacial score (nSPS) is 12.2. The van der Waals surface area contributed by atoms with Gasteiger partial charge in [0.05, 0.1) is 0 Å². The Kier molecular flexibility index (Phi) is 8.34. The molecule has 0 heterocycles. The molecule has 0 bridgehead atoms. The van der Waals surface area contributed by atoms with Gasteiger partial charge in [0.2, 0.25) is 0 Å². The number of guanidine groups is 1. The van der Waals surface area contributed by atoms with E-state index in [0.717, 1.165) is 31.0 Å². The molecule has 6 heteroatoms. The molecule has 0 radical (unpaired) electrons. The number of benzene rings is 2. The molecule has 2 aromatic rings. The van der Waals surface area contributed by atoms with E-state index in [0.29, 0.717) is 11.6 Å². The molecule has 0 fully saturated rings. The topological polar surface area (TPSA) is 68.8 Å². The third kappa shape index (κ3) is 6.30. The lowest BCUT2D eigenvalue weighted by atomic mass is 10.1. The molecular weight excluding hydrogens is 350 g/mol. The van der Waals surface area contributed by atoms with Crippen LogP contribution in [0.15, 0.2) is 59.6 Å². The van der Waals surface area contributed by atoms with Gasteiger partial charge in [-0.3, -0.25) is 9.79 Å². The first kappa shape index (κ1) is 21.3. The monoisotopic (exact) mass is 381 g/mol. The van der Waals surface area contributed by atoms with Crippen LogP contribution in [-0.2, 0) is 6.42 Å². The molecule has 28 heavy (non-hydrogen) atoms. The number of anilines is 1. The second kappa shape index (κ2) is 11.0. The lowest BCUT2D eigenvalue weighted by Crippen LogP contribution is -2.45. The van der Waals surface area contributed by atoms with Crippen molar-refractivity contribution < 1.29 is 4.79 Å². The van der Waals surface area contributed by atoms with Crippen LogP contribution in [0.25, 0.3) is 0 Å². The first-order valence-electron chi connectivity index (χ1n) is 9.58. The molecule has 1 unspecified atom stereocenters. The van der Waals surface area contributed by atoms with Gasteiger partial charge in [-0.25, -0.2) is 0 Å². The van der Waals surface area contributed by atoms with Gasteiger partial charge in [0.15, 0.2) is 5.96 Å². The van der Waals surface area contributed by atoms with Crippen LogP contribution in [0, 0.1) is 0 Å². The second-order valence-corrected chi connectivity index (χ2v) is 6.70. The van der Waals surface area contributed by atoms with Gasteiger partial charge in [-0.05, 0) is 43.2 Å². The highest BCUT2D eigenvalue weighted by Crippen LogP contribution is 2.13. The third-order valence-electron chi connectivity index (χ3n) is 4.74. The van der Waals surface area contributed by atoms with E-state index in [1.807, 2.05) is 42.5 Å². The van der Waals surface area contributed by atoms with Crippen molar-refractivity contribution in [2.75, 3.05) is 39.1 Å². The molecule has 0 saturated heterocycles. The van der Waals surface area contributed by atoms with E-state index in [9.17, 15) is 4.79 Å². The lowest BCUT2D eigenvalue weighted by Gasteiger charge is -2.27. The Labute approximate surface area is 168 Å². The fraction of sp³-hybridized carbons (Fsp3) is 0.364. The summed E-state index contributed by atoms with van der Waals surface area (Å²) in [7, 11) is 5.51. The quantitative estimate of drug-likeness (QED) is 0.485. The lowest BCUT2D eigenvalue weighted by molar-refractivity contribution is 0.0963. The van der Waals surface area contributed by atoms with Crippen LogP contribution in [-0.4, -0.2) is 52.1 Å². The summed E-state index contributed by atoms with van der Waals surface area (Å²) in [5, 5.41) is 9.36. The Morgan fingerprint density at radius 2 is 1.86 bits per heavy atom. The molecule has 1 amide bonds. The van der Waals surface area contributed by atoms with Crippen molar-refractivity contribution >= 4 is 17.6 Å². The summed E-state index contributed by atoms with van der Waals surface area (Å²) >= 11 is 0. The molecule has 0 aliphatic carbocycles. The number of para-hydroxylation sites is 1. The molecule has 0 aromatic heterocycles. The first-order chi connectivity index (χ1) is 13.5. The van der Waals surface area contributed by atoms with Gasteiger partial charge in [-0.1, -0.05) is 30.3 Å². The first-order valence-corrected chi connectivity index (χ1v) is 9.58. The fourth-order valence-corrected chi connectivity index (χ4v) is 2.86. The van der Waals surface area contributed by atoms with E-state index in [1.165, 1.54) is 5.69 Å². The number of aliphatic imine (C=N–C) groups is 1. The van der Waals surface area contributed by atoms with Crippen molar-refractivity contribution in [3.05, 3.63) is 65.7 Å². The number of hydrogen-bond acceptors (Lipinski definition) is 3. The zero-order chi connectivity index (χ0) is 20.4. The SMILES string of the molecule is CN=C(NCCc1cccc(C(=O)NC)c1)NCC(C)N(C)c1ccccc1. The number of hydrogen-bond donors (Lipinski definition) is 3. The predicted molar refractivity (Wildman–Crippen MR) is 117 cm³/mol. The highest BCUT2D eigenvalue weighted by molar-refractivity contribution is 5.94. The number of nitrogens with zero attached hydrogens (tertiary/aromatic N) is 2. The number of carbonyl (C=O) groups is 1. The smallest absolute Gasteiger partial charge is 0.251 e. The molecule has 0 aliphatic heterocycles. The van der Waals surface area contributed by atoms with E-state index in [1.54, 1.807) is 14.1 Å². The van der Waals surface area contributed by atoms with Gasteiger partial charge >= 0.3 is 0 Å². The number of nitrogens with one attached hydrogen (secondary N) is 3. The average molecular weight is 382 g/mol. The third-order valence-corrected chi connectivity index (χ3v) is 4.74. The van der Waals surface area contributed by atoms with Crippen molar-refractivity contribution in [2.45, 2.75) is 19.4 Å². The minimum atomic E-state index is -0.0659. The van der Waals surface area contributed by atoms with Gasteiger partial charge in [-0.2, -0.15) is 0 Å². The van der Waals surface area contributed by atoms with Crippen molar-refractivity contribution in [1.82, 2.24) is 16.0 Å². The van der Waals surface area contributed by atoms with Gasteiger partial charge in [0.25, 0.3) is 5.91 Å². The van der Waals surface area contributed by atoms with Crippen LogP contribution in [0.2, 0.25) is 0 Å². The zero-order valence-corrected chi connectivity index (χ0v) is 17.2. The van der Waals surface area contributed by atoms with Crippen LogP contribution < -0.4 is 20.9 Å². The molecule has 6 nitrogen and oxygen atoms in total. The summed E-state index contributed by atoms with van der Waals surface area (Å²) < 4.78 is 0. The molecule has 0 saturated carbocycles. The standard InChI is InChI=1S/C22H31N5O/c1-17(27(4)20-11-6-5-7-12-20)16-26-22(24-3)25-14-13-18-9-8-10-19(15-18)21(28)23-2/h5-12,15,17H,13-14,16H2,1-4H3,(H,23,28)(H2,24,25,26). The summed E-state index contributed by atoms with van der Waals surface area (Å²) in [5.74, 6) is 0.708. The number of carbonyl (C=O) groups excluding carboxylic acids is 1. The minimum Gasteiger partial charge on any atom is -0.370 e. The van der Waals surface area contributed by atoms with E-state index < -0.39 is 0 Å². The molecule has 0 aliphatic rings. The molecular formula is C22H31N5O. The summed E-state index contributed by atoms with van der Waals surface area (Å²) in [6, 6.07) is 18.3. The van der Waals surface area contributed by atoms with Gasteiger partial charge in [-0.15, -0.1) is 0 Å².